The molecule has 4 nitrogen and oxygen atoms in total. The van der Waals surface area contributed by atoms with Crippen LogP contribution in [-0.4, -0.2) is 27.2 Å². The van der Waals surface area contributed by atoms with Gasteiger partial charge in [0, 0.05) is 33.8 Å². The van der Waals surface area contributed by atoms with Gasteiger partial charge in [0.25, 0.3) is 0 Å². The molecule has 0 spiro atoms. The molecule has 0 heterocycles. The normalized spacial score (nSPS) is 7.25. The molecule has 0 unspecified atom stereocenters. The minimum atomic E-state index is -5.12. The molecule has 1 radical (unpaired) electrons. The van der Waals surface area contributed by atoms with E-state index in [9.17, 15) is 0 Å². The summed E-state index contributed by atoms with van der Waals surface area (Å²) in [4.78, 5) is 0. The molecule has 0 atom stereocenters. The van der Waals surface area contributed by atoms with Crippen molar-refractivity contribution in [1.82, 2.24) is 0 Å². The molecule has 0 aromatic heterocycles. The first-order chi connectivity index (χ1) is 2.00. The molecular formula is H3CoFeLiMnO4. The molecule has 0 aromatic rings. The first-order valence-electron chi connectivity index (χ1n) is 0.647. The predicted molar refractivity (Wildman–Crippen MR) is 13.0 cm³/mol. The topological polar surface area (TPSA) is 74.6 Å². The van der Waals surface area contributed by atoms with E-state index in [0.29, 0.717) is 0 Å². The molecule has 0 amide bonds. The van der Waals surface area contributed by atoms with E-state index in [1.807, 2.05) is 0 Å². The summed E-state index contributed by atoms with van der Waals surface area (Å²) >= 11 is -5.12. The Morgan fingerprint density at radius 2 is 1.12 bits per heavy atom. The molecule has 2 N–H and O–H groups in total. The molecule has 8 heavy (non-hydrogen) atoms. The summed E-state index contributed by atoms with van der Waals surface area (Å²) in [6.45, 7) is 0. The van der Waals surface area contributed by atoms with E-state index in [2.05, 4.69) is 0 Å². The first-order valence-corrected chi connectivity index (χ1v) is 2.67. The van der Waals surface area contributed by atoms with Gasteiger partial charge in [-0.25, -0.2) is 0 Å². The van der Waals surface area contributed by atoms with Crippen molar-refractivity contribution in [3.63, 3.8) is 0 Å². The van der Waals surface area contributed by atoms with E-state index < -0.39 is 13.4 Å². The van der Waals surface area contributed by atoms with Crippen LogP contribution in [0.15, 0.2) is 0 Å². The summed E-state index contributed by atoms with van der Waals surface area (Å²) in [6.07, 6.45) is 0. The van der Waals surface area contributed by atoms with Gasteiger partial charge in [-0.05, 0) is 0 Å². The molecular weight excluding hydrogens is 241 g/mol. The van der Waals surface area contributed by atoms with Crippen LogP contribution in [0.5, 0.6) is 0 Å². The van der Waals surface area contributed by atoms with Crippen molar-refractivity contribution in [1.29, 1.82) is 0 Å². The maximum atomic E-state index is 8.80. The summed E-state index contributed by atoms with van der Waals surface area (Å²) < 4.78 is 31.8. The molecule has 0 saturated heterocycles. The second-order valence-corrected chi connectivity index (χ2v) is 1.71. The summed E-state index contributed by atoms with van der Waals surface area (Å²) in [5, 5.41) is 0. The standard InChI is InChI=1S/Co.Fe.Li.Mn.2H2O.2O.H/h;;;;2*1H2;;;/q;;;+2;;;;;/p-2. The summed E-state index contributed by atoms with van der Waals surface area (Å²) in [5.41, 5.74) is 0. The van der Waals surface area contributed by atoms with Crippen LogP contribution in [0.1, 0.15) is 0 Å². The monoisotopic (exact) mass is 244 g/mol. The SMILES string of the molecule is [Co].[Fe].[LiH].[O]=[Mn](=[O])([OH])[OH]. The van der Waals surface area contributed by atoms with E-state index in [-0.39, 0.29) is 52.7 Å². The minimum absolute atomic E-state index is 0. The second-order valence-electron chi connectivity index (χ2n) is 0.415. The van der Waals surface area contributed by atoms with E-state index in [4.69, 9.17) is 16.0 Å². The molecule has 0 saturated carbocycles. The Bertz CT molecular complexity index is 99.2. The fourth-order valence-electron chi connectivity index (χ4n) is 0. The Morgan fingerprint density at radius 1 is 1.12 bits per heavy atom. The van der Waals surface area contributed by atoms with Gasteiger partial charge < -0.3 is 0 Å². The van der Waals surface area contributed by atoms with Crippen molar-refractivity contribution >= 4 is 18.9 Å². The predicted octanol–water partition coefficient (Wildman–Crippen LogP) is -2.01. The van der Waals surface area contributed by atoms with E-state index >= 15 is 0 Å². The Labute approximate surface area is 81.5 Å². The van der Waals surface area contributed by atoms with E-state index in [1.165, 1.54) is 0 Å². The van der Waals surface area contributed by atoms with Gasteiger partial charge in [0.05, 0.1) is 0 Å². The van der Waals surface area contributed by atoms with Crippen molar-refractivity contribution in [2.75, 3.05) is 0 Å². The van der Waals surface area contributed by atoms with Crippen LogP contribution in [0, 0.1) is 0 Å². The van der Waals surface area contributed by atoms with Crippen LogP contribution in [0.4, 0.5) is 0 Å². The molecule has 0 aromatic carbocycles. The maximum absolute atomic E-state index is 8.80. The third-order valence-corrected chi connectivity index (χ3v) is 0. The molecule has 0 rings (SSSR count). The third-order valence-electron chi connectivity index (χ3n) is 0. The average Bonchev–Trinajstić information content (AvgIpc) is 0.722. The Morgan fingerprint density at radius 3 is 1.12 bits per heavy atom. The molecule has 0 aliphatic carbocycles. The van der Waals surface area contributed by atoms with Crippen molar-refractivity contribution in [3.8, 4) is 0 Å². The fourth-order valence-corrected chi connectivity index (χ4v) is 0. The molecule has 0 bridgehead atoms. The van der Waals surface area contributed by atoms with Crippen LogP contribution < -0.4 is 0 Å². The zero-order chi connectivity index (χ0) is 4.50. The van der Waals surface area contributed by atoms with Crippen molar-refractivity contribution < 1.29 is 63.3 Å². The quantitative estimate of drug-likeness (QED) is 0.483. The van der Waals surface area contributed by atoms with Crippen LogP contribution in [0.25, 0.3) is 0 Å². The molecule has 0 fully saturated rings. The first kappa shape index (κ1) is 22.6. The second kappa shape index (κ2) is 8.66. The Hall–Kier alpha value is 1.66. The number of rotatable bonds is 0. The van der Waals surface area contributed by atoms with Crippen molar-refractivity contribution in [2.24, 2.45) is 0 Å². The fraction of sp³-hybridized carbons (Fsp3) is 0. The molecule has 0 aliphatic heterocycles. The summed E-state index contributed by atoms with van der Waals surface area (Å²) in [7, 11) is 0. The molecule has 8 heteroatoms. The van der Waals surface area contributed by atoms with Gasteiger partial charge in [0.1, 0.15) is 0 Å². The summed E-state index contributed by atoms with van der Waals surface area (Å²) in [6, 6.07) is 0. The van der Waals surface area contributed by atoms with Crippen LogP contribution in [0.2, 0.25) is 0 Å². The van der Waals surface area contributed by atoms with Gasteiger partial charge in [-0.1, -0.05) is 0 Å². The van der Waals surface area contributed by atoms with Gasteiger partial charge in [-0.15, -0.1) is 0 Å². The van der Waals surface area contributed by atoms with Crippen LogP contribution in [-0.2, 0) is 54.9 Å². The van der Waals surface area contributed by atoms with Gasteiger partial charge in [-0.2, -0.15) is 0 Å². The van der Waals surface area contributed by atoms with Crippen molar-refractivity contribution in [2.45, 2.75) is 0 Å². The van der Waals surface area contributed by atoms with Gasteiger partial charge in [0.15, 0.2) is 0 Å². The van der Waals surface area contributed by atoms with Crippen molar-refractivity contribution in [3.05, 3.63) is 0 Å². The average molecular weight is 244 g/mol. The van der Waals surface area contributed by atoms with Crippen LogP contribution >= 0.6 is 0 Å². The Kier molecular flexibility index (Phi) is 24.5. The van der Waals surface area contributed by atoms with E-state index in [1.54, 1.807) is 0 Å². The third kappa shape index (κ3) is 123. The zero-order valence-electron chi connectivity index (χ0n) is 2.78. The zero-order valence-corrected chi connectivity index (χ0v) is 6.10. The summed E-state index contributed by atoms with van der Waals surface area (Å²) in [5.74, 6) is 0. The molecule has 0 aliphatic rings. The number of hydrogen-bond donors (Lipinski definition) is 2. The Balaban J connectivity index is -0.0000000267. The van der Waals surface area contributed by atoms with Gasteiger partial charge >= 0.3 is 48.3 Å². The van der Waals surface area contributed by atoms with Crippen LogP contribution in [0.3, 0.4) is 0 Å². The van der Waals surface area contributed by atoms with Gasteiger partial charge in [-0.3, -0.25) is 0 Å². The van der Waals surface area contributed by atoms with E-state index in [0.717, 1.165) is 0 Å². The van der Waals surface area contributed by atoms with Gasteiger partial charge in [0.2, 0.25) is 0 Å². The number of hydrogen-bond acceptors (Lipinski definition) is 2. The molecule has 52 valence electrons.